The number of furan rings is 1. The van der Waals surface area contributed by atoms with Gasteiger partial charge in [0.1, 0.15) is 10.8 Å². The van der Waals surface area contributed by atoms with Crippen molar-refractivity contribution in [1.82, 2.24) is 4.90 Å². The van der Waals surface area contributed by atoms with E-state index in [2.05, 4.69) is 41.4 Å². The molecule has 2 aliphatic rings. The molecule has 1 aliphatic carbocycles. The summed E-state index contributed by atoms with van der Waals surface area (Å²) in [6.07, 6.45) is 8.54. The van der Waals surface area contributed by atoms with Gasteiger partial charge in [0.25, 0.3) is 5.91 Å². The van der Waals surface area contributed by atoms with Gasteiger partial charge in [-0.1, -0.05) is 19.1 Å². The molecule has 5 nitrogen and oxygen atoms in total. The quantitative estimate of drug-likeness (QED) is 0.465. The molecule has 33 heavy (non-hydrogen) atoms. The number of nitrogens with zero attached hydrogens (tertiary/aromatic N) is 1. The number of amides is 1. The second-order valence-electron chi connectivity index (χ2n) is 9.28. The fourth-order valence-corrected chi connectivity index (χ4v) is 6.49. The zero-order chi connectivity index (χ0) is 22.8. The van der Waals surface area contributed by atoms with Gasteiger partial charge in [-0.15, -0.1) is 11.3 Å². The first-order chi connectivity index (χ1) is 16.1. The minimum atomic E-state index is -0.180. The zero-order valence-corrected chi connectivity index (χ0v) is 20.2. The van der Waals surface area contributed by atoms with E-state index >= 15 is 0 Å². The predicted molar refractivity (Wildman–Crippen MR) is 132 cm³/mol. The molecule has 1 saturated heterocycles. The van der Waals surface area contributed by atoms with E-state index in [1.165, 1.54) is 47.3 Å². The van der Waals surface area contributed by atoms with Crippen LogP contribution in [0.3, 0.4) is 0 Å². The Balaban J connectivity index is 1.59. The Bertz CT molecular complexity index is 1080. The van der Waals surface area contributed by atoms with Crippen molar-refractivity contribution in [2.24, 2.45) is 5.92 Å². The molecule has 1 unspecified atom stereocenters. The van der Waals surface area contributed by atoms with Crippen molar-refractivity contribution < 1.29 is 13.9 Å². The molecule has 0 saturated carbocycles. The number of piperidine rings is 1. The summed E-state index contributed by atoms with van der Waals surface area (Å²) in [6.45, 7) is 4.48. The third-order valence-electron chi connectivity index (χ3n) is 7.07. The van der Waals surface area contributed by atoms with Crippen LogP contribution in [-0.4, -0.2) is 31.0 Å². The summed E-state index contributed by atoms with van der Waals surface area (Å²) < 4.78 is 10.8. The molecule has 2 aromatic heterocycles. The van der Waals surface area contributed by atoms with E-state index in [0.29, 0.717) is 5.76 Å². The summed E-state index contributed by atoms with van der Waals surface area (Å²) in [6, 6.07) is 12.1. The number of anilines is 1. The molecular weight excluding hydrogens is 432 g/mol. The first-order valence-corrected chi connectivity index (χ1v) is 12.8. The Labute approximate surface area is 199 Å². The van der Waals surface area contributed by atoms with E-state index in [1.807, 2.05) is 0 Å². The SMILES string of the molecule is COc1ccc(C(c2c(NC(=O)c3ccco3)sc3c2CCCC3)N2CCC(C)CC2)cc1. The maximum Gasteiger partial charge on any atom is 0.291 e. The van der Waals surface area contributed by atoms with Crippen LogP contribution in [0.5, 0.6) is 5.75 Å². The van der Waals surface area contributed by atoms with Gasteiger partial charge in [0.15, 0.2) is 5.76 Å². The highest BCUT2D eigenvalue weighted by Crippen LogP contribution is 2.46. The lowest BCUT2D eigenvalue weighted by Crippen LogP contribution is -2.37. The first kappa shape index (κ1) is 22.2. The molecule has 1 N–H and O–H groups in total. The number of benzene rings is 1. The van der Waals surface area contributed by atoms with Gasteiger partial charge in [-0.2, -0.15) is 0 Å². The lowest BCUT2D eigenvalue weighted by Gasteiger charge is -2.38. The van der Waals surface area contributed by atoms with Gasteiger partial charge in [0.2, 0.25) is 0 Å². The molecule has 0 radical (unpaired) electrons. The van der Waals surface area contributed by atoms with Crippen LogP contribution in [0, 0.1) is 5.92 Å². The van der Waals surface area contributed by atoms with Crippen molar-refractivity contribution in [1.29, 1.82) is 0 Å². The zero-order valence-electron chi connectivity index (χ0n) is 19.4. The number of fused-ring (bicyclic) bond motifs is 1. The Morgan fingerprint density at radius 2 is 1.91 bits per heavy atom. The number of likely N-dealkylation sites (tertiary alicyclic amines) is 1. The topological polar surface area (TPSA) is 54.7 Å². The van der Waals surface area contributed by atoms with Crippen LogP contribution < -0.4 is 10.1 Å². The minimum Gasteiger partial charge on any atom is -0.497 e. The van der Waals surface area contributed by atoms with Crippen molar-refractivity contribution in [3.63, 3.8) is 0 Å². The molecule has 174 valence electrons. The molecule has 0 spiro atoms. The fraction of sp³-hybridized carbons (Fsp3) is 0.444. The van der Waals surface area contributed by atoms with Crippen molar-refractivity contribution in [2.75, 3.05) is 25.5 Å². The number of hydrogen-bond acceptors (Lipinski definition) is 5. The predicted octanol–water partition coefficient (Wildman–Crippen LogP) is 6.30. The molecule has 1 aliphatic heterocycles. The van der Waals surface area contributed by atoms with Crippen LogP contribution in [0.15, 0.2) is 47.1 Å². The number of nitrogens with one attached hydrogen (secondary N) is 1. The standard InChI is InChI=1S/C27H32N2O3S/c1-18-13-15-29(16-14-18)25(19-9-11-20(31-2)12-10-19)24-21-6-3-4-8-23(21)33-27(24)28-26(30)22-7-5-17-32-22/h5,7,9-12,17-18,25H,3-4,6,8,13-16H2,1-2H3,(H,28,30). The van der Waals surface area contributed by atoms with Gasteiger partial charge in [-0.3, -0.25) is 9.69 Å². The second-order valence-corrected chi connectivity index (χ2v) is 10.4. The average molecular weight is 465 g/mol. The van der Waals surface area contributed by atoms with Crippen LogP contribution in [-0.2, 0) is 12.8 Å². The molecule has 0 bridgehead atoms. The van der Waals surface area contributed by atoms with Crippen molar-refractivity contribution in [3.05, 3.63) is 70.0 Å². The van der Waals surface area contributed by atoms with E-state index in [1.54, 1.807) is 36.8 Å². The van der Waals surface area contributed by atoms with Crippen LogP contribution in [0.25, 0.3) is 0 Å². The summed E-state index contributed by atoms with van der Waals surface area (Å²) in [7, 11) is 1.70. The third kappa shape index (κ3) is 4.59. The lowest BCUT2D eigenvalue weighted by atomic mass is 9.87. The van der Waals surface area contributed by atoms with Gasteiger partial charge in [-0.05, 0) is 92.9 Å². The maximum absolute atomic E-state index is 13.0. The molecule has 3 heterocycles. The summed E-state index contributed by atoms with van der Waals surface area (Å²) in [4.78, 5) is 17.0. The van der Waals surface area contributed by atoms with Crippen molar-refractivity contribution in [2.45, 2.75) is 51.5 Å². The number of rotatable bonds is 6. The average Bonchev–Trinajstić information content (AvgIpc) is 3.50. The van der Waals surface area contributed by atoms with Gasteiger partial charge < -0.3 is 14.5 Å². The number of thiophene rings is 1. The number of carbonyl (C=O) groups is 1. The van der Waals surface area contributed by atoms with E-state index in [9.17, 15) is 4.79 Å². The maximum atomic E-state index is 13.0. The highest BCUT2D eigenvalue weighted by Gasteiger charge is 2.33. The van der Waals surface area contributed by atoms with E-state index in [-0.39, 0.29) is 11.9 Å². The normalized spacial score (nSPS) is 18.0. The Hall–Kier alpha value is -2.57. The van der Waals surface area contributed by atoms with Crippen LogP contribution in [0.1, 0.15) is 70.8 Å². The van der Waals surface area contributed by atoms with E-state index in [0.717, 1.165) is 42.6 Å². The van der Waals surface area contributed by atoms with E-state index < -0.39 is 0 Å². The summed E-state index contributed by atoms with van der Waals surface area (Å²) in [5, 5.41) is 4.20. The largest absolute Gasteiger partial charge is 0.497 e. The molecular formula is C27H32N2O3S. The Morgan fingerprint density at radius 1 is 1.15 bits per heavy atom. The summed E-state index contributed by atoms with van der Waals surface area (Å²) in [5.74, 6) is 1.79. The van der Waals surface area contributed by atoms with Crippen molar-refractivity contribution in [3.8, 4) is 5.75 Å². The molecule has 3 aromatic rings. The smallest absolute Gasteiger partial charge is 0.291 e. The number of ether oxygens (including phenoxy) is 1. The minimum absolute atomic E-state index is 0.119. The third-order valence-corrected chi connectivity index (χ3v) is 8.30. The highest BCUT2D eigenvalue weighted by atomic mass is 32.1. The van der Waals surface area contributed by atoms with Crippen LogP contribution >= 0.6 is 11.3 Å². The first-order valence-electron chi connectivity index (χ1n) is 12.0. The molecule has 1 aromatic carbocycles. The summed E-state index contributed by atoms with van der Waals surface area (Å²) >= 11 is 1.76. The summed E-state index contributed by atoms with van der Waals surface area (Å²) in [5.41, 5.74) is 3.99. The molecule has 1 amide bonds. The fourth-order valence-electron chi connectivity index (χ4n) is 5.18. The van der Waals surface area contributed by atoms with Crippen LogP contribution in [0.2, 0.25) is 0 Å². The van der Waals surface area contributed by atoms with Gasteiger partial charge in [-0.25, -0.2) is 0 Å². The van der Waals surface area contributed by atoms with Gasteiger partial charge in [0.05, 0.1) is 19.4 Å². The monoisotopic (exact) mass is 464 g/mol. The second kappa shape index (κ2) is 9.74. The number of hydrogen-bond donors (Lipinski definition) is 1. The number of carbonyl (C=O) groups excluding carboxylic acids is 1. The Kier molecular flexibility index (Phi) is 6.56. The van der Waals surface area contributed by atoms with Crippen LogP contribution in [0.4, 0.5) is 5.00 Å². The number of aryl methyl sites for hydroxylation is 1. The Morgan fingerprint density at radius 3 is 2.61 bits per heavy atom. The van der Waals surface area contributed by atoms with Gasteiger partial charge in [0, 0.05) is 10.4 Å². The number of methoxy groups -OCH3 is 1. The van der Waals surface area contributed by atoms with Crippen molar-refractivity contribution >= 4 is 22.2 Å². The van der Waals surface area contributed by atoms with E-state index in [4.69, 9.17) is 9.15 Å². The highest BCUT2D eigenvalue weighted by molar-refractivity contribution is 7.16. The van der Waals surface area contributed by atoms with Gasteiger partial charge >= 0.3 is 0 Å². The molecule has 1 atom stereocenters. The molecule has 5 rings (SSSR count). The molecule has 1 fully saturated rings. The molecule has 6 heteroatoms. The lowest BCUT2D eigenvalue weighted by molar-refractivity contribution is 0.0996.